The van der Waals surface area contributed by atoms with Crippen molar-refractivity contribution in [3.63, 3.8) is 0 Å². The Morgan fingerprint density at radius 1 is 1.00 bits per heavy atom. The Kier molecular flexibility index (Phi) is 4.42. The first-order valence-corrected chi connectivity index (χ1v) is 8.21. The second-order valence-electron chi connectivity index (χ2n) is 6.31. The minimum absolute atomic E-state index is 0.120. The molecule has 2 nitrogen and oxygen atoms in total. The molecule has 2 fully saturated rings. The maximum Gasteiger partial charge on any atom is 0.0796 e. The van der Waals surface area contributed by atoms with Gasteiger partial charge in [0.25, 0.3) is 0 Å². The molecular formula is C18H27NO. The van der Waals surface area contributed by atoms with E-state index in [1.807, 2.05) is 7.11 Å². The van der Waals surface area contributed by atoms with Crippen molar-refractivity contribution in [2.24, 2.45) is 0 Å². The number of nitrogens with zero attached hydrogens (tertiary/aromatic N) is 1. The SMILES string of the molecule is COC1CCCC[C@]1(c1ccccc1)N1CCCCC1. The zero-order valence-corrected chi connectivity index (χ0v) is 12.7. The van der Waals surface area contributed by atoms with Crippen molar-refractivity contribution in [2.75, 3.05) is 20.2 Å². The fraction of sp³-hybridized carbons (Fsp3) is 0.667. The zero-order chi connectivity index (χ0) is 13.8. The number of hydrogen-bond donors (Lipinski definition) is 0. The molecule has 1 unspecified atom stereocenters. The number of benzene rings is 1. The van der Waals surface area contributed by atoms with Gasteiger partial charge in [-0.3, -0.25) is 4.90 Å². The van der Waals surface area contributed by atoms with E-state index in [1.54, 1.807) is 0 Å². The topological polar surface area (TPSA) is 12.5 Å². The van der Waals surface area contributed by atoms with Gasteiger partial charge in [-0.25, -0.2) is 0 Å². The van der Waals surface area contributed by atoms with Gasteiger partial charge in [0.15, 0.2) is 0 Å². The van der Waals surface area contributed by atoms with Crippen LogP contribution in [0.5, 0.6) is 0 Å². The summed E-state index contributed by atoms with van der Waals surface area (Å²) in [5.74, 6) is 0. The van der Waals surface area contributed by atoms with Gasteiger partial charge in [-0.2, -0.15) is 0 Å². The Labute approximate surface area is 123 Å². The van der Waals surface area contributed by atoms with Gasteiger partial charge in [0, 0.05) is 7.11 Å². The molecule has 1 aromatic rings. The molecule has 0 aromatic heterocycles. The molecule has 1 aliphatic heterocycles. The summed E-state index contributed by atoms with van der Waals surface area (Å²) in [6, 6.07) is 11.1. The summed E-state index contributed by atoms with van der Waals surface area (Å²) in [6.07, 6.45) is 9.48. The summed E-state index contributed by atoms with van der Waals surface area (Å²) in [7, 11) is 1.90. The molecule has 1 aliphatic carbocycles. The lowest BCUT2D eigenvalue weighted by molar-refractivity contribution is -0.0913. The fourth-order valence-electron chi connectivity index (χ4n) is 4.33. The number of ether oxygens (including phenoxy) is 1. The Morgan fingerprint density at radius 2 is 1.75 bits per heavy atom. The van der Waals surface area contributed by atoms with Gasteiger partial charge >= 0.3 is 0 Å². The Bertz CT molecular complexity index is 413. The minimum atomic E-state index is 0.120. The van der Waals surface area contributed by atoms with Crippen molar-refractivity contribution < 1.29 is 4.74 Å². The molecule has 0 amide bonds. The van der Waals surface area contributed by atoms with E-state index in [0.717, 1.165) is 0 Å². The summed E-state index contributed by atoms with van der Waals surface area (Å²) >= 11 is 0. The average molecular weight is 273 g/mol. The van der Waals surface area contributed by atoms with E-state index in [0.29, 0.717) is 6.10 Å². The first-order chi connectivity index (χ1) is 9.88. The molecule has 1 saturated carbocycles. The molecule has 2 heteroatoms. The summed E-state index contributed by atoms with van der Waals surface area (Å²) in [5.41, 5.74) is 1.59. The third kappa shape index (κ3) is 2.40. The third-order valence-corrected chi connectivity index (χ3v) is 5.29. The molecule has 1 saturated heterocycles. The Hall–Kier alpha value is -0.860. The number of methoxy groups -OCH3 is 1. The van der Waals surface area contributed by atoms with Crippen molar-refractivity contribution in [2.45, 2.75) is 56.6 Å². The van der Waals surface area contributed by atoms with Crippen LogP contribution in [0.1, 0.15) is 50.5 Å². The fourth-order valence-corrected chi connectivity index (χ4v) is 4.33. The molecule has 0 radical (unpaired) electrons. The maximum atomic E-state index is 5.97. The van der Waals surface area contributed by atoms with E-state index in [9.17, 15) is 0 Å². The molecule has 110 valence electrons. The number of rotatable bonds is 3. The molecule has 0 spiro atoms. The van der Waals surface area contributed by atoms with Crippen LogP contribution in [0, 0.1) is 0 Å². The highest BCUT2D eigenvalue weighted by Gasteiger charge is 2.47. The monoisotopic (exact) mass is 273 g/mol. The van der Waals surface area contributed by atoms with Crippen LogP contribution in [0.15, 0.2) is 30.3 Å². The standard InChI is InChI=1S/C18H27NO/c1-20-17-12-6-7-13-18(17,16-10-4-2-5-11-16)19-14-8-3-9-15-19/h2,4-5,10-11,17H,3,6-9,12-15H2,1H3/t17?,18-/m1/s1. The molecule has 2 atom stereocenters. The summed E-state index contributed by atoms with van der Waals surface area (Å²) < 4.78 is 5.97. The van der Waals surface area contributed by atoms with Crippen molar-refractivity contribution in [3.05, 3.63) is 35.9 Å². The van der Waals surface area contributed by atoms with E-state index in [2.05, 4.69) is 35.2 Å². The van der Waals surface area contributed by atoms with Gasteiger partial charge in [0.05, 0.1) is 11.6 Å². The van der Waals surface area contributed by atoms with E-state index >= 15 is 0 Å². The highest BCUT2D eigenvalue weighted by Crippen LogP contribution is 2.44. The van der Waals surface area contributed by atoms with Gasteiger partial charge in [0.2, 0.25) is 0 Å². The lowest BCUT2D eigenvalue weighted by Gasteiger charge is -2.52. The largest absolute Gasteiger partial charge is 0.379 e. The van der Waals surface area contributed by atoms with Crippen molar-refractivity contribution in [1.82, 2.24) is 4.90 Å². The van der Waals surface area contributed by atoms with Gasteiger partial charge in [-0.05, 0) is 44.3 Å². The second kappa shape index (κ2) is 6.28. The second-order valence-corrected chi connectivity index (χ2v) is 6.31. The van der Waals surface area contributed by atoms with Gasteiger partial charge in [-0.1, -0.05) is 49.6 Å². The average Bonchev–Trinajstić information content (AvgIpc) is 2.56. The van der Waals surface area contributed by atoms with Crippen molar-refractivity contribution in [3.8, 4) is 0 Å². The zero-order valence-electron chi connectivity index (χ0n) is 12.7. The van der Waals surface area contributed by atoms with Crippen LogP contribution in [0.4, 0.5) is 0 Å². The summed E-state index contributed by atoms with van der Waals surface area (Å²) in [5, 5.41) is 0. The van der Waals surface area contributed by atoms with Crippen LogP contribution in [0.2, 0.25) is 0 Å². The van der Waals surface area contributed by atoms with Gasteiger partial charge in [0.1, 0.15) is 0 Å². The Morgan fingerprint density at radius 3 is 2.45 bits per heavy atom. The first-order valence-electron chi connectivity index (χ1n) is 8.21. The van der Waals surface area contributed by atoms with Gasteiger partial charge in [-0.15, -0.1) is 0 Å². The highest BCUT2D eigenvalue weighted by molar-refractivity contribution is 5.27. The van der Waals surface area contributed by atoms with E-state index in [-0.39, 0.29) is 5.54 Å². The van der Waals surface area contributed by atoms with Crippen molar-refractivity contribution in [1.29, 1.82) is 0 Å². The lowest BCUT2D eigenvalue weighted by atomic mass is 9.72. The molecule has 3 rings (SSSR count). The molecule has 20 heavy (non-hydrogen) atoms. The van der Waals surface area contributed by atoms with Crippen LogP contribution in [0.3, 0.4) is 0 Å². The highest BCUT2D eigenvalue weighted by atomic mass is 16.5. The summed E-state index contributed by atoms with van der Waals surface area (Å²) in [6.45, 7) is 2.46. The quantitative estimate of drug-likeness (QED) is 0.826. The van der Waals surface area contributed by atoms with E-state index in [1.165, 1.54) is 63.6 Å². The van der Waals surface area contributed by atoms with Crippen LogP contribution in [-0.2, 0) is 10.3 Å². The molecule has 1 heterocycles. The first kappa shape index (κ1) is 14.1. The number of hydrogen-bond acceptors (Lipinski definition) is 2. The molecule has 0 bridgehead atoms. The van der Waals surface area contributed by atoms with E-state index < -0.39 is 0 Å². The van der Waals surface area contributed by atoms with Crippen LogP contribution in [0.25, 0.3) is 0 Å². The maximum absolute atomic E-state index is 5.97. The van der Waals surface area contributed by atoms with Crippen LogP contribution in [-0.4, -0.2) is 31.2 Å². The minimum Gasteiger partial charge on any atom is -0.379 e. The molecule has 2 aliphatic rings. The van der Waals surface area contributed by atoms with Crippen molar-refractivity contribution >= 4 is 0 Å². The molecule has 1 aromatic carbocycles. The third-order valence-electron chi connectivity index (χ3n) is 5.29. The van der Waals surface area contributed by atoms with Crippen LogP contribution >= 0.6 is 0 Å². The normalized spacial score (nSPS) is 32.1. The predicted molar refractivity (Wildman–Crippen MR) is 82.8 cm³/mol. The number of likely N-dealkylation sites (tertiary alicyclic amines) is 1. The van der Waals surface area contributed by atoms with E-state index in [4.69, 9.17) is 4.74 Å². The van der Waals surface area contributed by atoms with Gasteiger partial charge < -0.3 is 4.74 Å². The van der Waals surface area contributed by atoms with Crippen LogP contribution < -0.4 is 0 Å². The molecule has 0 N–H and O–H groups in total. The number of piperidine rings is 1. The Balaban J connectivity index is 2.01. The molecular weight excluding hydrogens is 246 g/mol. The summed E-state index contributed by atoms with van der Waals surface area (Å²) in [4.78, 5) is 2.74. The smallest absolute Gasteiger partial charge is 0.0796 e. The lowest BCUT2D eigenvalue weighted by Crippen LogP contribution is -2.57. The predicted octanol–water partition coefficient (Wildman–Crippen LogP) is 3.96.